The molecule has 0 bridgehead atoms. The van der Waals surface area contributed by atoms with Crippen molar-refractivity contribution in [1.82, 2.24) is 14.9 Å². The smallest absolute Gasteiger partial charge is 0.422 e. The minimum absolute atomic E-state index is 0.0404. The second-order valence-corrected chi connectivity index (χ2v) is 6.55. The van der Waals surface area contributed by atoms with Crippen LogP contribution >= 0.6 is 11.8 Å². The number of rotatable bonds is 5. The summed E-state index contributed by atoms with van der Waals surface area (Å²) in [6.45, 7) is -0.725. The number of nitrogens with one attached hydrogen (secondary N) is 1. The number of ether oxygens (including phenoxy) is 1. The molecule has 1 N–H and O–H groups in total. The molecule has 6 nitrogen and oxygen atoms in total. The Morgan fingerprint density at radius 3 is 2.73 bits per heavy atom. The van der Waals surface area contributed by atoms with Crippen molar-refractivity contribution in [2.45, 2.75) is 24.4 Å². The standard InChI is InChI=1S/C16H14F3N3O3S/c17-16(18,19)9-25-11-3-1-10(2-4-11)7-20-13(23)12-8-21-15-22(14(12)24)5-6-26-15/h1-4,8H,5-7,9H2,(H,20,23). The number of alkyl halides is 3. The molecule has 10 heteroatoms. The van der Waals surface area contributed by atoms with Crippen LogP contribution in [-0.4, -0.2) is 34.0 Å². The Morgan fingerprint density at radius 1 is 1.31 bits per heavy atom. The van der Waals surface area contributed by atoms with Gasteiger partial charge >= 0.3 is 6.18 Å². The van der Waals surface area contributed by atoms with E-state index in [2.05, 4.69) is 15.0 Å². The van der Waals surface area contributed by atoms with E-state index >= 15 is 0 Å². The van der Waals surface area contributed by atoms with Gasteiger partial charge in [-0.3, -0.25) is 14.2 Å². The summed E-state index contributed by atoms with van der Waals surface area (Å²) in [5.74, 6) is 0.277. The van der Waals surface area contributed by atoms with Crippen LogP contribution in [0.5, 0.6) is 5.75 Å². The van der Waals surface area contributed by atoms with Crippen molar-refractivity contribution in [2.75, 3.05) is 12.4 Å². The molecule has 0 spiro atoms. The molecule has 1 aromatic carbocycles. The molecule has 0 atom stereocenters. The van der Waals surface area contributed by atoms with E-state index in [0.717, 1.165) is 5.75 Å². The molecule has 138 valence electrons. The van der Waals surface area contributed by atoms with Crippen molar-refractivity contribution in [1.29, 1.82) is 0 Å². The van der Waals surface area contributed by atoms with Gasteiger partial charge in [0.15, 0.2) is 11.8 Å². The molecule has 0 saturated carbocycles. The zero-order valence-corrected chi connectivity index (χ0v) is 14.2. The lowest BCUT2D eigenvalue weighted by Gasteiger charge is -2.10. The fraction of sp³-hybridized carbons (Fsp3) is 0.312. The Kier molecular flexibility index (Phi) is 5.21. The molecule has 0 aliphatic carbocycles. The SMILES string of the molecule is O=C(NCc1ccc(OCC(F)(F)F)cc1)c1cnc2n(c1=O)CCS2. The highest BCUT2D eigenvalue weighted by Crippen LogP contribution is 2.21. The predicted octanol–water partition coefficient (Wildman–Crippen LogP) is 2.22. The molecule has 1 aliphatic rings. The first kappa shape index (κ1) is 18.3. The second-order valence-electron chi connectivity index (χ2n) is 5.49. The highest BCUT2D eigenvalue weighted by molar-refractivity contribution is 7.99. The molecule has 1 amide bonds. The van der Waals surface area contributed by atoms with Crippen molar-refractivity contribution in [3.63, 3.8) is 0 Å². The van der Waals surface area contributed by atoms with Crippen LogP contribution < -0.4 is 15.6 Å². The minimum Gasteiger partial charge on any atom is -0.484 e. The normalized spacial score (nSPS) is 13.3. The lowest BCUT2D eigenvalue weighted by Crippen LogP contribution is -2.33. The van der Waals surface area contributed by atoms with Crippen LogP contribution in [0.3, 0.4) is 0 Å². The number of aromatic nitrogens is 2. The Labute approximate surface area is 150 Å². The van der Waals surface area contributed by atoms with Gasteiger partial charge in [-0.05, 0) is 17.7 Å². The van der Waals surface area contributed by atoms with Gasteiger partial charge in [0.1, 0.15) is 11.3 Å². The molecule has 0 fully saturated rings. The predicted molar refractivity (Wildman–Crippen MR) is 88.4 cm³/mol. The average Bonchev–Trinajstić information content (AvgIpc) is 3.08. The quantitative estimate of drug-likeness (QED) is 0.799. The Morgan fingerprint density at radius 2 is 2.04 bits per heavy atom. The fourth-order valence-electron chi connectivity index (χ4n) is 2.32. The van der Waals surface area contributed by atoms with E-state index in [0.29, 0.717) is 17.3 Å². The maximum Gasteiger partial charge on any atom is 0.422 e. The van der Waals surface area contributed by atoms with E-state index in [1.165, 1.54) is 46.8 Å². The first-order chi connectivity index (χ1) is 12.3. The summed E-state index contributed by atoms with van der Waals surface area (Å²) in [6.07, 6.45) is -3.14. The molecule has 26 heavy (non-hydrogen) atoms. The number of halogens is 3. The summed E-state index contributed by atoms with van der Waals surface area (Å²) in [7, 11) is 0. The lowest BCUT2D eigenvalue weighted by molar-refractivity contribution is -0.153. The van der Waals surface area contributed by atoms with Gasteiger partial charge in [-0.2, -0.15) is 13.2 Å². The first-order valence-corrected chi connectivity index (χ1v) is 8.61. The van der Waals surface area contributed by atoms with Crippen molar-refractivity contribution in [3.8, 4) is 5.75 Å². The van der Waals surface area contributed by atoms with E-state index in [1.807, 2.05) is 0 Å². The highest BCUT2D eigenvalue weighted by Gasteiger charge is 2.28. The second kappa shape index (κ2) is 7.40. The first-order valence-electron chi connectivity index (χ1n) is 7.63. The topological polar surface area (TPSA) is 73.2 Å². The zero-order chi connectivity index (χ0) is 18.7. The van der Waals surface area contributed by atoms with E-state index < -0.39 is 18.7 Å². The summed E-state index contributed by atoms with van der Waals surface area (Å²) in [5.41, 5.74) is 0.234. The van der Waals surface area contributed by atoms with Crippen LogP contribution in [0.2, 0.25) is 0 Å². The van der Waals surface area contributed by atoms with Gasteiger partial charge in [-0.15, -0.1) is 0 Å². The summed E-state index contributed by atoms with van der Waals surface area (Å²) < 4.78 is 42.4. The van der Waals surface area contributed by atoms with Gasteiger partial charge in [-0.25, -0.2) is 4.98 Å². The molecular formula is C16H14F3N3O3S. The van der Waals surface area contributed by atoms with Crippen molar-refractivity contribution in [3.05, 3.63) is 51.9 Å². The molecule has 2 heterocycles. The maximum absolute atomic E-state index is 12.3. The third-order valence-corrected chi connectivity index (χ3v) is 4.55. The van der Waals surface area contributed by atoms with Gasteiger partial charge in [0.2, 0.25) is 0 Å². The van der Waals surface area contributed by atoms with E-state index in [9.17, 15) is 22.8 Å². The number of fused-ring (bicyclic) bond motifs is 1. The van der Waals surface area contributed by atoms with Crippen molar-refractivity contribution < 1.29 is 22.7 Å². The molecule has 0 unspecified atom stereocenters. The van der Waals surface area contributed by atoms with Gasteiger partial charge in [0.25, 0.3) is 11.5 Å². The van der Waals surface area contributed by atoms with Crippen LogP contribution in [0.15, 0.2) is 40.4 Å². The number of hydrogen-bond donors (Lipinski definition) is 1. The highest BCUT2D eigenvalue weighted by atomic mass is 32.2. The number of nitrogens with zero attached hydrogens (tertiary/aromatic N) is 2. The molecule has 1 aromatic heterocycles. The summed E-state index contributed by atoms with van der Waals surface area (Å²) in [5, 5.41) is 3.20. The number of amides is 1. The zero-order valence-electron chi connectivity index (χ0n) is 13.4. The number of thioether (sulfide) groups is 1. The number of carbonyl (C=O) groups is 1. The Balaban J connectivity index is 1.59. The number of carbonyl (C=O) groups excluding carboxylic acids is 1. The number of hydrogen-bond acceptors (Lipinski definition) is 5. The Hall–Kier alpha value is -2.49. The van der Waals surface area contributed by atoms with Gasteiger partial charge in [0.05, 0.1) is 0 Å². The van der Waals surface area contributed by atoms with Gasteiger partial charge in [0, 0.05) is 25.0 Å². The summed E-state index contributed by atoms with van der Waals surface area (Å²) in [4.78, 5) is 28.6. The van der Waals surface area contributed by atoms with Crippen molar-refractivity contribution in [2.24, 2.45) is 0 Å². The molecular weight excluding hydrogens is 371 g/mol. The van der Waals surface area contributed by atoms with Crippen LogP contribution in [-0.2, 0) is 13.1 Å². The third-order valence-electron chi connectivity index (χ3n) is 3.58. The summed E-state index contributed by atoms with van der Waals surface area (Å²) >= 11 is 1.46. The summed E-state index contributed by atoms with van der Waals surface area (Å²) in [6, 6.07) is 5.85. The van der Waals surface area contributed by atoms with Crippen LogP contribution in [0.25, 0.3) is 0 Å². The van der Waals surface area contributed by atoms with Crippen molar-refractivity contribution >= 4 is 17.7 Å². The van der Waals surface area contributed by atoms with Gasteiger partial charge < -0.3 is 10.1 Å². The monoisotopic (exact) mass is 385 g/mol. The van der Waals surface area contributed by atoms with E-state index in [4.69, 9.17) is 0 Å². The minimum atomic E-state index is -4.40. The van der Waals surface area contributed by atoms with Crippen LogP contribution in [0, 0.1) is 0 Å². The molecule has 2 aromatic rings. The fourth-order valence-corrected chi connectivity index (χ4v) is 3.23. The van der Waals surface area contributed by atoms with E-state index in [-0.39, 0.29) is 23.4 Å². The largest absolute Gasteiger partial charge is 0.484 e. The number of benzene rings is 1. The maximum atomic E-state index is 12.3. The molecule has 1 aliphatic heterocycles. The molecule has 0 saturated heterocycles. The average molecular weight is 385 g/mol. The Bertz CT molecular complexity index is 866. The molecule has 3 rings (SSSR count). The molecule has 0 radical (unpaired) electrons. The van der Waals surface area contributed by atoms with Crippen LogP contribution in [0.1, 0.15) is 15.9 Å². The lowest BCUT2D eigenvalue weighted by atomic mass is 10.2. The van der Waals surface area contributed by atoms with E-state index in [1.54, 1.807) is 0 Å². The van der Waals surface area contributed by atoms with Crippen LogP contribution in [0.4, 0.5) is 13.2 Å². The third kappa shape index (κ3) is 4.37. The van der Waals surface area contributed by atoms with Gasteiger partial charge in [-0.1, -0.05) is 23.9 Å².